The van der Waals surface area contributed by atoms with Crippen LogP contribution in [0.15, 0.2) is 121 Å². The second-order valence-electron chi connectivity index (χ2n) is 12.6. The molecule has 0 N–H and O–H groups in total. The molecule has 0 atom stereocenters. The zero-order chi connectivity index (χ0) is 31.8. The van der Waals surface area contributed by atoms with Crippen LogP contribution in [-0.4, -0.2) is 0 Å². The molecule has 0 heteroatoms. The van der Waals surface area contributed by atoms with E-state index in [0.29, 0.717) is 0 Å². The van der Waals surface area contributed by atoms with Crippen molar-refractivity contribution in [2.45, 2.75) is 78.1 Å². The van der Waals surface area contributed by atoms with E-state index in [1.54, 1.807) is 0 Å². The first-order valence-electron chi connectivity index (χ1n) is 17.5. The fourth-order valence-electron chi connectivity index (χ4n) is 6.01. The molecule has 0 aliphatic heterocycles. The highest BCUT2D eigenvalue weighted by Gasteiger charge is 2.01. The van der Waals surface area contributed by atoms with E-state index in [9.17, 15) is 0 Å². The molecule has 0 saturated carbocycles. The largest absolute Gasteiger partial charge is 0.0654 e. The van der Waals surface area contributed by atoms with Gasteiger partial charge in [-0.3, -0.25) is 0 Å². The minimum Gasteiger partial charge on any atom is -0.0654 e. The van der Waals surface area contributed by atoms with Gasteiger partial charge in [0.05, 0.1) is 0 Å². The number of benzene rings is 5. The molecule has 0 heterocycles. The zero-order valence-corrected chi connectivity index (χ0v) is 27.9. The normalized spacial score (nSPS) is 12.2. The Bertz CT molecular complexity index is 1640. The summed E-state index contributed by atoms with van der Waals surface area (Å²) in [4.78, 5) is 0. The summed E-state index contributed by atoms with van der Waals surface area (Å²) in [6.45, 7) is 4.53. The van der Waals surface area contributed by atoms with E-state index < -0.39 is 0 Å². The molecular formula is C46H50. The van der Waals surface area contributed by atoms with E-state index in [-0.39, 0.29) is 0 Å². The maximum absolute atomic E-state index is 2.31. The van der Waals surface area contributed by atoms with Crippen molar-refractivity contribution < 1.29 is 0 Å². The standard InChI is InChI=1S/C46H50/c1-3-5-7-9-15-37-21-25-39(26-22-37)17-11-13-19-41-29-31-43-36-46-34-42(30-32-44(46)35-45(43)33-41)20-14-12-18-40-27-23-38(24-28-40)16-10-8-6-4-2/h11-14,17-36H,3-10,15-16H2,1-2H3. The molecule has 234 valence electrons. The molecular weight excluding hydrogens is 553 g/mol. The second-order valence-corrected chi connectivity index (χ2v) is 12.6. The van der Waals surface area contributed by atoms with Gasteiger partial charge in [0.25, 0.3) is 0 Å². The summed E-state index contributed by atoms with van der Waals surface area (Å²) in [6.07, 6.45) is 30.2. The van der Waals surface area contributed by atoms with Crippen LogP contribution in [0.1, 0.15) is 98.6 Å². The number of hydrogen-bond acceptors (Lipinski definition) is 0. The fraction of sp³-hybridized carbons (Fsp3) is 0.261. The summed E-state index contributed by atoms with van der Waals surface area (Å²) in [5.74, 6) is 0. The van der Waals surface area contributed by atoms with Crippen molar-refractivity contribution in [3.8, 4) is 0 Å². The highest BCUT2D eigenvalue weighted by atomic mass is 14.1. The molecule has 0 aromatic heterocycles. The molecule has 0 unspecified atom stereocenters. The van der Waals surface area contributed by atoms with E-state index in [0.717, 1.165) is 0 Å². The molecule has 5 aromatic rings. The van der Waals surface area contributed by atoms with Crippen LogP contribution in [0.4, 0.5) is 0 Å². The van der Waals surface area contributed by atoms with Gasteiger partial charge in [-0.2, -0.15) is 0 Å². The van der Waals surface area contributed by atoms with Gasteiger partial charge >= 0.3 is 0 Å². The van der Waals surface area contributed by atoms with Gasteiger partial charge in [0.2, 0.25) is 0 Å². The fourth-order valence-corrected chi connectivity index (χ4v) is 6.01. The monoisotopic (exact) mass is 602 g/mol. The first kappa shape index (κ1) is 33.0. The minimum atomic E-state index is 1.19. The van der Waals surface area contributed by atoms with Crippen LogP contribution in [0, 0.1) is 0 Å². The molecule has 0 aliphatic carbocycles. The Hall–Kier alpha value is -4.42. The molecule has 5 rings (SSSR count). The number of fused-ring (bicyclic) bond motifs is 2. The Morgan fingerprint density at radius 2 is 0.717 bits per heavy atom. The minimum absolute atomic E-state index is 1.19. The molecule has 0 amide bonds. The van der Waals surface area contributed by atoms with Crippen LogP contribution in [0.3, 0.4) is 0 Å². The predicted molar refractivity (Wildman–Crippen MR) is 206 cm³/mol. The van der Waals surface area contributed by atoms with Crippen molar-refractivity contribution >= 4 is 45.8 Å². The van der Waals surface area contributed by atoms with Crippen molar-refractivity contribution in [2.75, 3.05) is 0 Å². The molecule has 0 aliphatic rings. The second kappa shape index (κ2) is 17.9. The van der Waals surface area contributed by atoms with Gasteiger partial charge in [-0.05, 0) is 105 Å². The van der Waals surface area contributed by atoms with E-state index in [4.69, 9.17) is 0 Å². The van der Waals surface area contributed by atoms with Crippen LogP contribution in [0.25, 0.3) is 45.8 Å². The number of aryl methyl sites for hydroxylation is 2. The quantitative estimate of drug-likeness (QED) is 0.0599. The molecule has 0 spiro atoms. The summed E-state index contributed by atoms with van der Waals surface area (Å²) < 4.78 is 0. The summed E-state index contributed by atoms with van der Waals surface area (Å²) >= 11 is 0. The average molecular weight is 603 g/mol. The molecule has 0 nitrogen and oxygen atoms in total. The summed E-state index contributed by atoms with van der Waals surface area (Å²) in [5, 5.41) is 5.08. The van der Waals surface area contributed by atoms with Crippen molar-refractivity contribution in [1.29, 1.82) is 0 Å². The van der Waals surface area contributed by atoms with Crippen molar-refractivity contribution in [3.05, 3.63) is 155 Å². The van der Waals surface area contributed by atoms with Crippen LogP contribution >= 0.6 is 0 Å². The predicted octanol–water partition coefficient (Wildman–Crippen LogP) is 13.7. The Morgan fingerprint density at radius 3 is 1.11 bits per heavy atom. The van der Waals surface area contributed by atoms with E-state index >= 15 is 0 Å². The van der Waals surface area contributed by atoms with Gasteiger partial charge < -0.3 is 0 Å². The topological polar surface area (TPSA) is 0 Å². The lowest BCUT2D eigenvalue weighted by Crippen LogP contribution is -1.85. The molecule has 46 heavy (non-hydrogen) atoms. The van der Waals surface area contributed by atoms with Crippen molar-refractivity contribution in [2.24, 2.45) is 0 Å². The Labute approximate surface area is 277 Å². The lowest BCUT2D eigenvalue weighted by atomic mass is 10.00. The molecule has 0 bridgehead atoms. The van der Waals surface area contributed by atoms with Crippen LogP contribution in [-0.2, 0) is 12.8 Å². The molecule has 0 fully saturated rings. The highest BCUT2D eigenvalue weighted by molar-refractivity contribution is 5.99. The van der Waals surface area contributed by atoms with Crippen molar-refractivity contribution in [1.82, 2.24) is 0 Å². The van der Waals surface area contributed by atoms with Crippen LogP contribution in [0.5, 0.6) is 0 Å². The SMILES string of the molecule is CCCCCCc1ccc(C=CC=Cc2ccc3cc4cc(C=CC=Cc5ccc(CCCCCC)cc5)ccc4cc3c2)cc1. The summed E-state index contributed by atoms with van der Waals surface area (Å²) in [6, 6.07) is 36.1. The highest BCUT2D eigenvalue weighted by Crippen LogP contribution is 2.26. The van der Waals surface area contributed by atoms with Gasteiger partial charge in [-0.25, -0.2) is 0 Å². The Balaban J connectivity index is 1.15. The smallest absolute Gasteiger partial charge is 0.0172 e. The van der Waals surface area contributed by atoms with Gasteiger partial charge in [-0.15, -0.1) is 0 Å². The summed E-state index contributed by atoms with van der Waals surface area (Å²) in [7, 11) is 0. The molecule has 0 saturated heterocycles. The number of hydrogen-bond donors (Lipinski definition) is 0. The van der Waals surface area contributed by atoms with Gasteiger partial charge in [-0.1, -0.05) is 174 Å². The Morgan fingerprint density at radius 1 is 0.348 bits per heavy atom. The molecule has 5 aromatic carbocycles. The van der Waals surface area contributed by atoms with Gasteiger partial charge in [0.1, 0.15) is 0 Å². The van der Waals surface area contributed by atoms with Crippen LogP contribution in [0.2, 0.25) is 0 Å². The van der Waals surface area contributed by atoms with Crippen molar-refractivity contribution in [3.63, 3.8) is 0 Å². The number of allylic oxidation sites excluding steroid dienone is 4. The lowest BCUT2D eigenvalue weighted by molar-refractivity contribution is 0.667. The molecule has 0 radical (unpaired) electrons. The third-order valence-corrected chi connectivity index (χ3v) is 8.82. The number of rotatable bonds is 16. The third-order valence-electron chi connectivity index (χ3n) is 8.82. The average Bonchev–Trinajstić information content (AvgIpc) is 3.09. The summed E-state index contributed by atoms with van der Waals surface area (Å²) in [5.41, 5.74) is 7.81. The van der Waals surface area contributed by atoms with Crippen LogP contribution < -0.4 is 0 Å². The Kier molecular flexibility index (Phi) is 12.8. The first-order valence-corrected chi connectivity index (χ1v) is 17.5. The number of unbranched alkanes of at least 4 members (excludes halogenated alkanes) is 6. The zero-order valence-electron chi connectivity index (χ0n) is 27.9. The first-order chi connectivity index (χ1) is 22.7. The van der Waals surface area contributed by atoms with E-state index in [1.165, 1.54) is 119 Å². The van der Waals surface area contributed by atoms with E-state index in [1.807, 2.05) is 0 Å². The maximum atomic E-state index is 2.31. The van der Waals surface area contributed by atoms with Gasteiger partial charge in [0.15, 0.2) is 0 Å². The third kappa shape index (κ3) is 10.3. The lowest BCUT2D eigenvalue weighted by Gasteiger charge is -2.05. The van der Waals surface area contributed by atoms with Gasteiger partial charge in [0, 0.05) is 0 Å². The maximum Gasteiger partial charge on any atom is -0.0172 e. The van der Waals surface area contributed by atoms with E-state index in [2.05, 4.69) is 160 Å².